The summed E-state index contributed by atoms with van der Waals surface area (Å²) in [5.74, 6) is 0. The van der Waals surface area contributed by atoms with Gasteiger partial charge in [-0.05, 0) is 13.2 Å². The molecule has 0 aromatic rings. The van der Waals surface area contributed by atoms with Crippen molar-refractivity contribution >= 4 is 8.58 Å². The molecule has 0 aromatic carbocycles. The molecular formula is C4H12NP. The highest BCUT2D eigenvalue weighted by Crippen LogP contribution is 1.94. The van der Waals surface area contributed by atoms with Crippen molar-refractivity contribution in [3.05, 3.63) is 0 Å². The van der Waals surface area contributed by atoms with Crippen LogP contribution in [0.25, 0.3) is 0 Å². The molecule has 0 radical (unpaired) electrons. The van der Waals surface area contributed by atoms with Gasteiger partial charge in [-0.15, -0.1) is 8.58 Å². The summed E-state index contributed by atoms with van der Waals surface area (Å²) >= 11 is 0. The molecule has 2 heteroatoms. The third-order valence-corrected chi connectivity index (χ3v) is 1.16. The second kappa shape index (κ2) is 5.39. The first kappa shape index (κ1) is 6.39. The lowest BCUT2D eigenvalue weighted by Gasteiger charge is -1.92. The second-order valence-corrected chi connectivity index (χ2v) is 2.19. The van der Waals surface area contributed by atoms with E-state index in [1.54, 1.807) is 0 Å². The zero-order valence-corrected chi connectivity index (χ0v) is 5.41. The van der Waals surface area contributed by atoms with Gasteiger partial charge < -0.3 is 5.32 Å². The zero-order chi connectivity index (χ0) is 4.83. The Labute approximate surface area is 41.3 Å². The summed E-state index contributed by atoms with van der Waals surface area (Å²) < 4.78 is 0. The predicted molar refractivity (Wildman–Crippen MR) is 32.8 cm³/mol. The maximum atomic E-state index is 3.21. The highest BCUT2D eigenvalue weighted by Gasteiger charge is 1.70. The quantitative estimate of drug-likeness (QED) is 0.414. The van der Waals surface area contributed by atoms with Crippen LogP contribution in [0.2, 0.25) is 0 Å². The monoisotopic (exact) mass is 105 g/mol. The molecule has 1 atom stereocenters. The highest BCUT2D eigenvalue weighted by molar-refractivity contribution is 7.36. The standard InChI is InChI=1S/C4H12NP/c1-3-5-4-6-2/h5-6H,3-4H2,1-2H3. The van der Waals surface area contributed by atoms with Crippen LogP contribution in [0.3, 0.4) is 0 Å². The fourth-order valence-electron chi connectivity index (χ4n) is 0.250. The zero-order valence-electron chi connectivity index (χ0n) is 4.41. The maximum absolute atomic E-state index is 3.21. The van der Waals surface area contributed by atoms with E-state index in [0.29, 0.717) is 0 Å². The SMILES string of the molecule is CCNCPC. The Balaban J connectivity index is 2.34. The molecule has 1 nitrogen and oxygen atoms in total. The van der Waals surface area contributed by atoms with E-state index in [0.717, 1.165) is 15.1 Å². The van der Waals surface area contributed by atoms with Crippen LogP contribution in [0.1, 0.15) is 6.92 Å². The van der Waals surface area contributed by atoms with Crippen molar-refractivity contribution in [1.82, 2.24) is 5.32 Å². The average Bonchev–Trinajstić information content (AvgIpc) is 1.61. The molecule has 0 saturated heterocycles. The van der Waals surface area contributed by atoms with Crippen molar-refractivity contribution in [2.45, 2.75) is 6.92 Å². The van der Waals surface area contributed by atoms with E-state index in [2.05, 4.69) is 18.9 Å². The van der Waals surface area contributed by atoms with Gasteiger partial charge in [0.25, 0.3) is 0 Å². The van der Waals surface area contributed by atoms with Crippen LogP contribution in [0.5, 0.6) is 0 Å². The predicted octanol–water partition coefficient (Wildman–Crippen LogP) is 0.862. The number of nitrogens with one attached hydrogen (secondary N) is 1. The van der Waals surface area contributed by atoms with E-state index in [1.807, 2.05) is 0 Å². The van der Waals surface area contributed by atoms with E-state index in [1.165, 1.54) is 6.29 Å². The van der Waals surface area contributed by atoms with Crippen LogP contribution < -0.4 is 5.32 Å². The van der Waals surface area contributed by atoms with Gasteiger partial charge in [0.05, 0.1) is 0 Å². The molecule has 0 bridgehead atoms. The molecule has 6 heavy (non-hydrogen) atoms. The van der Waals surface area contributed by atoms with Gasteiger partial charge in [0.2, 0.25) is 0 Å². The fourth-order valence-corrected chi connectivity index (χ4v) is 0.750. The molecule has 0 spiro atoms. The molecule has 1 N–H and O–H groups in total. The minimum atomic E-state index is 1.05. The Morgan fingerprint density at radius 1 is 1.67 bits per heavy atom. The van der Waals surface area contributed by atoms with E-state index < -0.39 is 0 Å². The van der Waals surface area contributed by atoms with Crippen molar-refractivity contribution in [2.24, 2.45) is 0 Å². The van der Waals surface area contributed by atoms with Crippen LogP contribution in [-0.4, -0.2) is 19.5 Å². The summed E-state index contributed by atoms with van der Waals surface area (Å²) in [4.78, 5) is 0. The van der Waals surface area contributed by atoms with Gasteiger partial charge in [0.1, 0.15) is 0 Å². The number of hydrogen-bond donors (Lipinski definition) is 1. The molecule has 0 fully saturated rings. The first-order valence-electron chi connectivity index (χ1n) is 2.27. The van der Waals surface area contributed by atoms with Crippen molar-refractivity contribution < 1.29 is 0 Å². The third-order valence-electron chi connectivity index (χ3n) is 0.552. The summed E-state index contributed by atoms with van der Waals surface area (Å²) in [6.45, 7) is 5.43. The Bertz CT molecular complexity index is 19.5. The molecule has 38 valence electrons. The normalized spacial score (nSPS) is 11.0. The molecule has 0 aliphatic rings. The summed E-state index contributed by atoms with van der Waals surface area (Å²) in [6, 6.07) is 0. The van der Waals surface area contributed by atoms with Crippen LogP contribution in [0.4, 0.5) is 0 Å². The average molecular weight is 105 g/mol. The van der Waals surface area contributed by atoms with E-state index in [4.69, 9.17) is 0 Å². The van der Waals surface area contributed by atoms with Crippen LogP contribution in [0.15, 0.2) is 0 Å². The molecular weight excluding hydrogens is 93.0 g/mol. The molecule has 0 rings (SSSR count). The minimum Gasteiger partial charge on any atom is -0.313 e. The fraction of sp³-hybridized carbons (Fsp3) is 1.00. The van der Waals surface area contributed by atoms with Crippen molar-refractivity contribution in [2.75, 3.05) is 19.5 Å². The van der Waals surface area contributed by atoms with E-state index in [9.17, 15) is 0 Å². The van der Waals surface area contributed by atoms with Gasteiger partial charge in [-0.3, -0.25) is 0 Å². The Kier molecular flexibility index (Phi) is 5.74. The Morgan fingerprint density at radius 2 is 2.33 bits per heavy atom. The number of hydrogen-bond acceptors (Lipinski definition) is 1. The summed E-state index contributed by atoms with van der Waals surface area (Å²) in [5, 5.41) is 3.21. The largest absolute Gasteiger partial charge is 0.313 e. The second-order valence-electron chi connectivity index (χ2n) is 1.13. The molecule has 0 saturated carbocycles. The lowest BCUT2D eigenvalue weighted by atomic mass is 10.8. The summed E-state index contributed by atoms with van der Waals surface area (Å²) in [7, 11) is 1.05. The van der Waals surface area contributed by atoms with Crippen LogP contribution >= 0.6 is 8.58 Å². The maximum Gasteiger partial charge on any atom is 0.0124 e. The van der Waals surface area contributed by atoms with Crippen molar-refractivity contribution in [3.8, 4) is 0 Å². The van der Waals surface area contributed by atoms with E-state index >= 15 is 0 Å². The van der Waals surface area contributed by atoms with Crippen LogP contribution in [0, 0.1) is 0 Å². The lowest BCUT2D eigenvalue weighted by Crippen LogP contribution is -2.09. The lowest BCUT2D eigenvalue weighted by molar-refractivity contribution is 0.838. The highest BCUT2D eigenvalue weighted by atomic mass is 31.1. The summed E-state index contributed by atoms with van der Waals surface area (Å²) in [5.41, 5.74) is 0. The van der Waals surface area contributed by atoms with Gasteiger partial charge in [-0.1, -0.05) is 6.92 Å². The molecule has 0 heterocycles. The first-order valence-corrected chi connectivity index (χ1v) is 3.97. The molecule has 0 aliphatic heterocycles. The molecule has 0 amide bonds. The molecule has 1 unspecified atom stereocenters. The van der Waals surface area contributed by atoms with Crippen LogP contribution in [-0.2, 0) is 0 Å². The Hall–Kier alpha value is 0.390. The van der Waals surface area contributed by atoms with Gasteiger partial charge >= 0.3 is 0 Å². The summed E-state index contributed by atoms with van der Waals surface area (Å²) in [6.07, 6.45) is 1.19. The first-order chi connectivity index (χ1) is 2.91. The Morgan fingerprint density at radius 3 is 2.50 bits per heavy atom. The van der Waals surface area contributed by atoms with Gasteiger partial charge in [-0.25, -0.2) is 0 Å². The smallest absolute Gasteiger partial charge is 0.0124 e. The topological polar surface area (TPSA) is 12.0 Å². The minimum absolute atomic E-state index is 1.05. The van der Waals surface area contributed by atoms with Crippen molar-refractivity contribution in [1.29, 1.82) is 0 Å². The van der Waals surface area contributed by atoms with Gasteiger partial charge in [0.15, 0.2) is 0 Å². The third kappa shape index (κ3) is 4.39. The van der Waals surface area contributed by atoms with Crippen molar-refractivity contribution in [3.63, 3.8) is 0 Å². The van der Waals surface area contributed by atoms with E-state index in [-0.39, 0.29) is 0 Å². The van der Waals surface area contributed by atoms with Gasteiger partial charge in [-0.2, -0.15) is 0 Å². The molecule has 0 aromatic heterocycles. The van der Waals surface area contributed by atoms with Gasteiger partial charge in [0, 0.05) is 6.29 Å². The number of rotatable bonds is 3. The molecule has 0 aliphatic carbocycles.